The maximum absolute atomic E-state index is 12.5. The van der Waals surface area contributed by atoms with Gasteiger partial charge in [-0.05, 0) is 31.2 Å². The van der Waals surface area contributed by atoms with E-state index >= 15 is 0 Å². The molecule has 0 fully saturated rings. The van der Waals surface area contributed by atoms with Crippen molar-refractivity contribution in [2.45, 2.75) is 16.5 Å². The third-order valence-electron chi connectivity index (χ3n) is 3.61. The maximum Gasteiger partial charge on any atom is 0.237 e. The molecule has 0 aliphatic rings. The van der Waals surface area contributed by atoms with E-state index in [9.17, 15) is 4.79 Å². The number of aromatic nitrogens is 2. The topological polar surface area (TPSA) is 76.1 Å². The van der Waals surface area contributed by atoms with E-state index in [4.69, 9.17) is 27.9 Å². The molecule has 0 saturated heterocycles. The molecule has 0 aliphatic carbocycles. The monoisotopic (exact) mass is 454 g/mol. The van der Waals surface area contributed by atoms with Crippen LogP contribution in [0.2, 0.25) is 10.0 Å². The fraction of sp³-hybridized carbons (Fsp3) is 0.167. The SMILES string of the molecule is COc1ccccc1Nc1nnc(SC(C)C(=O)Nc2cccc(Cl)c2Cl)s1. The van der Waals surface area contributed by atoms with Crippen molar-refractivity contribution >= 4 is 68.7 Å². The number of ether oxygens (including phenoxy) is 1. The highest BCUT2D eigenvalue weighted by molar-refractivity contribution is 8.02. The van der Waals surface area contributed by atoms with E-state index in [1.165, 1.54) is 23.1 Å². The third-order valence-corrected chi connectivity index (χ3v) is 6.45. The largest absolute Gasteiger partial charge is 0.495 e. The molecule has 1 unspecified atom stereocenters. The van der Waals surface area contributed by atoms with Gasteiger partial charge in [0.05, 0.1) is 33.8 Å². The van der Waals surface area contributed by atoms with Gasteiger partial charge in [-0.15, -0.1) is 10.2 Å². The number of halogens is 2. The number of thioether (sulfide) groups is 1. The lowest BCUT2D eigenvalue weighted by atomic mass is 10.3. The summed E-state index contributed by atoms with van der Waals surface area (Å²) in [6, 6.07) is 12.6. The van der Waals surface area contributed by atoms with Crippen molar-refractivity contribution in [2.75, 3.05) is 17.7 Å². The quantitative estimate of drug-likeness (QED) is 0.444. The Morgan fingerprint density at radius 2 is 1.89 bits per heavy atom. The number of hydrogen-bond acceptors (Lipinski definition) is 7. The highest BCUT2D eigenvalue weighted by Gasteiger charge is 2.19. The molecule has 10 heteroatoms. The molecule has 1 amide bonds. The van der Waals surface area contributed by atoms with Gasteiger partial charge in [-0.2, -0.15) is 0 Å². The second kappa shape index (κ2) is 9.47. The number of hydrogen-bond donors (Lipinski definition) is 2. The molecule has 2 aromatic carbocycles. The molecule has 0 bridgehead atoms. The number of nitrogens with one attached hydrogen (secondary N) is 2. The average Bonchev–Trinajstić information content (AvgIpc) is 3.12. The lowest BCUT2D eigenvalue weighted by molar-refractivity contribution is -0.115. The number of nitrogens with zero attached hydrogens (tertiary/aromatic N) is 2. The van der Waals surface area contributed by atoms with Crippen molar-refractivity contribution in [3.05, 3.63) is 52.5 Å². The minimum Gasteiger partial charge on any atom is -0.495 e. The van der Waals surface area contributed by atoms with Crippen LogP contribution >= 0.6 is 46.3 Å². The Kier molecular flexibility index (Phi) is 7.01. The zero-order valence-electron chi connectivity index (χ0n) is 14.9. The molecule has 1 atom stereocenters. The number of anilines is 3. The van der Waals surface area contributed by atoms with E-state index in [-0.39, 0.29) is 5.91 Å². The van der Waals surface area contributed by atoms with Gasteiger partial charge in [-0.25, -0.2) is 0 Å². The van der Waals surface area contributed by atoms with Gasteiger partial charge in [0.2, 0.25) is 11.0 Å². The number of benzene rings is 2. The number of methoxy groups -OCH3 is 1. The van der Waals surface area contributed by atoms with Crippen LogP contribution in [0.25, 0.3) is 0 Å². The molecule has 0 saturated carbocycles. The first kappa shape index (κ1) is 20.7. The summed E-state index contributed by atoms with van der Waals surface area (Å²) in [5.74, 6) is 0.502. The van der Waals surface area contributed by atoms with Gasteiger partial charge in [0.1, 0.15) is 5.75 Å². The molecular weight excluding hydrogens is 439 g/mol. The fourth-order valence-corrected chi connectivity index (χ4v) is 4.47. The van der Waals surface area contributed by atoms with Gasteiger partial charge in [-0.1, -0.05) is 64.5 Å². The van der Waals surface area contributed by atoms with Crippen molar-refractivity contribution in [3.63, 3.8) is 0 Å². The van der Waals surface area contributed by atoms with Crippen LogP contribution < -0.4 is 15.4 Å². The Bertz CT molecular complexity index is 984. The van der Waals surface area contributed by atoms with Crippen molar-refractivity contribution < 1.29 is 9.53 Å². The summed E-state index contributed by atoms with van der Waals surface area (Å²) < 4.78 is 5.97. The van der Waals surface area contributed by atoms with Crippen LogP contribution in [0.15, 0.2) is 46.8 Å². The minimum absolute atomic E-state index is 0.205. The Morgan fingerprint density at radius 1 is 1.14 bits per heavy atom. The first-order valence-corrected chi connectivity index (χ1v) is 10.6. The Balaban J connectivity index is 1.62. The van der Waals surface area contributed by atoms with Gasteiger partial charge in [-0.3, -0.25) is 4.79 Å². The highest BCUT2D eigenvalue weighted by atomic mass is 35.5. The Hall–Kier alpha value is -2.00. The van der Waals surface area contributed by atoms with Crippen LogP contribution in [0, 0.1) is 0 Å². The summed E-state index contributed by atoms with van der Waals surface area (Å²) in [5, 5.41) is 15.1. The fourth-order valence-electron chi connectivity index (χ4n) is 2.21. The molecule has 0 aliphatic heterocycles. The average molecular weight is 455 g/mol. The standard InChI is InChI=1S/C18H16Cl2N4O2S2/c1-10(16(25)21-13-8-5-6-11(19)15(13)20)27-18-24-23-17(28-18)22-12-7-3-4-9-14(12)26-2/h3-10H,1-2H3,(H,21,25)(H,22,23). The molecule has 3 aromatic rings. The van der Waals surface area contributed by atoms with E-state index in [0.29, 0.717) is 31.0 Å². The first-order chi connectivity index (χ1) is 13.5. The number of amides is 1. The van der Waals surface area contributed by atoms with Crippen molar-refractivity contribution in [1.82, 2.24) is 10.2 Å². The molecule has 28 heavy (non-hydrogen) atoms. The molecular formula is C18H16Cl2N4O2S2. The normalized spacial score (nSPS) is 11.7. The molecule has 1 aromatic heterocycles. The first-order valence-electron chi connectivity index (χ1n) is 8.13. The Labute approximate surface area is 180 Å². The molecule has 0 radical (unpaired) electrons. The molecule has 1 heterocycles. The molecule has 2 N–H and O–H groups in total. The van der Waals surface area contributed by atoms with Gasteiger partial charge in [0, 0.05) is 0 Å². The third kappa shape index (κ3) is 5.08. The van der Waals surface area contributed by atoms with Gasteiger partial charge < -0.3 is 15.4 Å². The van der Waals surface area contributed by atoms with E-state index in [1.807, 2.05) is 24.3 Å². The summed E-state index contributed by atoms with van der Waals surface area (Å²) in [5.41, 5.74) is 1.27. The Morgan fingerprint density at radius 3 is 2.68 bits per heavy atom. The van der Waals surface area contributed by atoms with Crippen molar-refractivity contribution in [1.29, 1.82) is 0 Å². The minimum atomic E-state index is -0.401. The van der Waals surface area contributed by atoms with Crippen LogP contribution in [0.1, 0.15) is 6.92 Å². The molecule has 3 rings (SSSR count). The molecule has 6 nitrogen and oxygen atoms in total. The predicted molar refractivity (Wildman–Crippen MR) is 117 cm³/mol. The zero-order chi connectivity index (χ0) is 20.1. The van der Waals surface area contributed by atoms with E-state index in [1.54, 1.807) is 32.2 Å². The van der Waals surface area contributed by atoms with E-state index in [2.05, 4.69) is 20.8 Å². The number of carbonyl (C=O) groups is 1. The summed E-state index contributed by atoms with van der Waals surface area (Å²) in [4.78, 5) is 12.5. The van der Waals surface area contributed by atoms with Crippen molar-refractivity contribution in [2.24, 2.45) is 0 Å². The van der Waals surface area contributed by atoms with E-state index < -0.39 is 5.25 Å². The summed E-state index contributed by atoms with van der Waals surface area (Å²) in [6.45, 7) is 1.78. The predicted octanol–water partition coefficient (Wildman–Crippen LogP) is 5.72. The smallest absolute Gasteiger partial charge is 0.237 e. The summed E-state index contributed by atoms with van der Waals surface area (Å²) in [6.07, 6.45) is 0. The molecule has 0 spiro atoms. The van der Waals surface area contributed by atoms with Crippen LogP contribution in [-0.2, 0) is 4.79 Å². The maximum atomic E-state index is 12.5. The van der Waals surface area contributed by atoms with Gasteiger partial charge >= 0.3 is 0 Å². The van der Waals surface area contributed by atoms with Crippen LogP contribution in [0.3, 0.4) is 0 Å². The van der Waals surface area contributed by atoms with Crippen LogP contribution in [0.5, 0.6) is 5.75 Å². The number of para-hydroxylation sites is 2. The zero-order valence-corrected chi connectivity index (χ0v) is 18.0. The lowest BCUT2D eigenvalue weighted by Gasteiger charge is -2.12. The summed E-state index contributed by atoms with van der Waals surface area (Å²) >= 11 is 14.8. The van der Waals surface area contributed by atoms with Crippen LogP contribution in [0.4, 0.5) is 16.5 Å². The van der Waals surface area contributed by atoms with Crippen LogP contribution in [-0.4, -0.2) is 28.5 Å². The number of carbonyl (C=O) groups excluding carboxylic acids is 1. The van der Waals surface area contributed by atoms with E-state index in [0.717, 1.165) is 5.69 Å². The second-order valence-corrected chi connectivity index (χ2v) is 8.90. The molecule has 146 valence electrons. The second-order valence-electron chi connectivity index (χ2n) is 5.55. The van der Waals surface area contributed by atoms with Crippen molar-refractivity contribution in [3.8, 4) is 5.75 Å². The highest BCUT2D eigenvalue weighted by Crippen LogP contribution is 2.34. The summed E-state index contributed by atoms with van der Waals surface area (Å²) in [7, 11) is 1.61. The number of rotatable bonds is 7. The lowest BCUT2D eigenvalue weighted by Crippen LogP contribution is -2.22. The van der Waals surface area contributed by atoms with Gasteiger partial charge in [0.25, 0.3) is 0 Å². The van der Waals surface area contributed by atoms with Gasteiger partial charge in [0.15, 0.2) is 4.34 Å².